The number of hydrogen-bond acceptors (Lipinski definition) is 3. The molecule has 0 N–H and O–H groups in total. The van der Waals surface area contributed by atoms with E-state index in [1.807, 2.05) is 0 Å². The van der Waals surface area contributed by atoms with Crippen molar-refractivity contribution in [3.63, 3.8) is 0 Å². The van der Waals surface area contributed by atoms with Crippen molar-refractivity contribution in [2.75, 3.05) is 6.61 Å². The Bertz CT molecular complexity index is 277. The molecular formula is C8H9NO2. The molecule has 3 heteroatoms. The van der Waals surface area contributed by atoms with Crippen molar-refractivity contribution in [1.29, 1.82) is 0 Å². The number of nitrogens with zero attached hydrogens (tertiary/aromatic N) is 1. The Morgan fingerprint density at radius 3 is 2.82 bits per heavy atom. The second-order valence-corrected chi connectivity index (χ2v) is 1.89. The first-order chi connectivity index (χ1) is 6.17. The van der Waals surface area contributed by atoms with E-state index in [0.717, 1.165) is 0 Å². The van der Waals surface area contributed by atoms with E-state index in [1.165, 1.54) is 0 Å². The SMILES string of the molecule is [2H]C([2H])(CON=O)c1ccccc1. The monoisotopic (exact) mass is 153 g/mol. The molecule has 0 saturated carbocycles. The zero-order chi connectivity index (χ0) is 9.73. The van der Waals surface area contributed by atoms with Crippen LogP contribution in [0.25, 0.3) is 0 Å². The minimum absolute atomic E-state index is 0.361. The lowest BCUT2D eigenvalue weighted by atomic mass is 10.2. The zero-order valence-electron chi connectivity index (χ0n) is 7.86. The van der Waals surface area contributed by atoms with Crippen LogP contribution in [0.15, 0.2) is 35.7 Å². The second-order valence-electron chi connectivity index (χ2n) is 1.89. The van der Waals surface area contributed by atoms with Gasteiger partial charge in [-0.3, -0.25) is 0 Å². The minimum Gasteiger partial charge on any atom is -0.364 e. The molecule has 58 valence electrons. The molecule has 0 aromatic heterocycles. The third kappa shape index (κ3) is 2.80. The summed E-state index contributed by atoms with van der Waals surface area (Å²) in [6, 6.07) is 8.50. The summed E-state index contributed by atoms with van der Waals surface area (Å²) in [5.41, 5.74) is 0.471. The van der Waals surface area contributed by atoms with Crippen LogP contribution in [0, 0.1) is 4.91 Å². The van der Waals surface area contributed by atoms with Gasteiger partial charge in [0.25, 0.3) is 0 Å². The van der Waals surface area contributed by atoms with E-state index in [0.29, 0.717) is 5.56 Å². The topological polar surface area (TPSA) is 38.7 Å². The van der Waals surface area contributed by atoms with Crippen molar-refractivity contribution < 1.29 is 7.58 Å². The molecule has 0 saturated heterocycles. The maximum atomic E-state index is 9.64. The normalized spacial score (nSPS) is 13.1. The molecule has 1 rings (SSSR count). The minimum atomic E-state index is -1.67. The van der Waals surface area contributed by atoms with Crippen LogP contribution in [0.1, 0.15) is 8.30 Å². The number of rotatable bonds is 4. The molecule has 11 heavy (non-hydrogen) atoms. The molecule has 0 heterocycles. The molecule has 0 fully saturated rings. The van der Waals surface area contributed by atoms with Gasteiger partial charge in [0.2, 0.25) is 0 Å². The zero-order valence-corrected chi connectivity index (χ0v) is 5.86. The van der Waals surface area contributed by atoms with Crippen LogP contribution >= 0.6 is 0 Å². The van der Waals surface area contributed by atoms with Crippen LogP contribution in [0.4, 0.5) is 0 Å². The summed E-state index contributed by atoms with van der Waals surface area (Å²) in [4.78, 5) is 13.8. The second kappa shape index (κ2) is 4.44. The van der Waals surface area contributed by atoms with Gasteiger partial charge in [-0.2, -0.15) is 0 Å². The summed E-state index contributed by atoms with van der Waals surface area (Å²) in [5, 5.41) is 2.16. The summed E-state index contributed by atoms with van der Waals surface area (Å²) in [6.07, 6.45) is -1.67. The molecule has 0 bridgehead atoms. The highest BCUT2D eigenvalue weighted by Crippen LogP contribution is 1.99. The smallest absolute Gasteiger partial charge is 0.155 e. The summed E-state index contributed by atoms with van der Waals surface area (Å²) in [5.74, 6) is 0. The number of benzene rings is 1. The molecule has 1 aromatic carbocycles. The Labute approximate surface area is 67.7 Å². The van der Waals surface area contributed by atoms with E-state index in [9.17, 15) is 4.91 Å². The Morgan fingerprint density at radius 1 is 1.45 bits per heavy atom. The van der Waals surface area contributed by atoms with Crippen LogP contribution in [-0.2, 0) is 11.2 Å². The fourth-order valence-electron chi connectivity index (χ4n) is 0.698. The van der Waals surface area contributed by atoms with Gasteiger partial charge in [0.15, 0.2) is 5.34 Å². The lowest BCUT2D eigenvalue weighted by Crippen LogP contribution is -1.92. The molecular weight excluding hydrogens is 142 g/mol. The van der Waals surface area contributed by atoms with Crippen LogP contribution in [-0.4, -0.2) is 6.61 Å². The Balaban J connectivity index is 2.74. The van der Waals surface area contributed by atoms with Gasteiger partial charge >= 0.3 is 0 Å². The fourth-order valence-corrected chi connectivity index (χ4v) is 0.698. The molecule has 0 radical (unpaired) electrons. The molecule has 0 aliphatic rings. The highest BCUT2D eigenvalue weighted by molar-refractivity contribution is 5.14. The van der Waals surface area contributed by atoms with Crippen LogP contribution in [0.2, 0.25) is 0 Å². The van der Waals surface area contributed by atoms with Crippen molar-refractivity contribution in [2.45, 2.75) is 6.37 Å². The van der Waals surface area contributed by atoms with Crippen LogP contribution in [0.5, 0.6) is 0 Å². The van der Waals surface area contributed by atoms with Gasteiger partial charge in [0.05, 0.1) is 0 Å². The summed E-state index contributed by atoms with van der Waals surface area (Å²) >= 11 is 0. The predicted octanol–water partition coefficient (Wildman–Crippen LogP) is 1.93. The third-order valence-corrected chi connectivity index (χ3v) is 1.17. The van der Waals surface area contributed by atoms with Gasteiger partial charge in [-0.15, -0.1) is 4.91 Å². The van der Waals surface area contributed by atoms with Gasteiger partial charge in [-0.1, -0.05) is 30.3 Å². The molecule has 0 aliphatic carbocycles. The molecule has 1 aromatic rings. The van der Waals surface area contributed by atoms with Crippen LogP contribution in [0.3, 0.4) is 0 Å². The maximum absolute atomic E-state index is 9.64. The van der Waals surface area contributed by atoms with E-state index in [4.69, 9.17) is 2.74 Å². The van der Waals surface area contributed by atoms with Crippen molar-refractivity contribution in [2.24, 2.45) is 5.34 Å². The average molecular weight is 153 g/mol. The van der Waals surface area contributed by atoms with Crippen LogP contribution < -0.4 is 0 Å². The van der Waals surface area contributed by atoms with Crippen molar-refractivity contribution >= 4 is 0 Å². The van der Waals surface area contributed by atoms with Gasteiger partial charge in [-0.25, -0.2) is 0 Å². The van der Waals surface area contributed by atoms with Crippen molar-refractivity contribution in [1.82, 2.24) is 0 Å². The largest absolute Gasteiger partial charge is 0.364 e. The van der Waals surface area contributed by atoms with E-state index < -0.39 is 6.37 Å². The third-order valence-electron chi connectivity index (χ3n) is 1.17. The van der Waals surface area contributed by atoms with Gasteiger partial charge in [0, 0.05) is 9.11 Å². The predicted molar refractivity (Wildman–Crippen MR) is 41.9 cm³/mol. The molecule has 0 amide bonds. The van der Waals surface area contributed by atoms with E-state index in [-0.39, 0.29) is 6.61 Å². The molecule has 3 nitrogen and oxygen atoms in total. The average Bonchev–Trinajstić information content (AvgIpc) is 2.16. The molecule has 0 spiro atoms. The van der Waals surface area contributed by atoms with Crippen molar-refractivity contribution in [3.8, 4) is 0 Å². The van der Waals surface area contributed by atoms with Crippen molar-refractivity contribution in [3.05, 3.63) is 40.8 Å². The first-order valence-corrected chi connectivity index (χ1v) is 3.17. The Kier molecular flexibility index (Phi) is 2.14. The Hall–Kier alpha value is -1.38. The summed E-state index contributed by atoms with van der Waals surface area (Å²) in [6.45, 7) is -0.361. The number of hydrogen-bond donors (Lipinski definition) is 0. The lowest BCUT2D eigenvalue weighted by Gasteiger charge is -1.96. The standard InChI is InChI=1S/C8H9NO2/c10-9-11-7-6-8-4-2-1-3-5-8/h1-5H,6-7H2/i6D2. The quantitative estimate of drug-likeness (QED) is 0.489. The van der Waals surface area contributed by atoms with E-state index in [2.05, 4.69) is 10.2 Å². The fraction of sp³-hybridized carbons (Fsp3) is 0.250. The highest BCUT2D eigenvalue weighted by atomic mass is 16.7. The first-order valence-electron chi connectivity index (χ1n) is 4.17. The lowest BCUT2D eigenvalue weighted by molar-refractivity contribution is 0.143. The van der Waals surface area contributed by atoms with Gasteiger partial charge in [-0.05, 0) is 5.56 Å². The molecule has 0 unspecified atom stereocenters. The molecule has 0 atom stereocenters. The van der Waals surface area contributed by atoms with Gasteiger partial charge < -0.3 is 4.84 Å². The highest BCUT2D eigenvalue weighted by Gasteiger charge is 1.90. The summed E-state index contributed by atoms with van der Waals surface area (Å²) < 4.78 is 15.0. The Morgan fingerprint density at radius 2 is 2.18 bits per heavy atom. The maximum Gasteiger partial charge on any atom is 0.155 e. The molecule has 0 aliphatic heterocycles. The first kappa shape index (κ1) is 5.29. The van der Waals surface area contributed by atoms with E-state index >= 15 is 0 Å². The summed E-state index contributed by atoms with van der Waals surface area (Å²) in [7, 11) is 0. The van der Waals surface area contributed by atoms with Gasteiger partial charge in [0.1, 0.15) is 6.61 Å². The van der Waals surface area contributed by atoms with E-state index in [1.54, 1.807) is 30.3 Å².